The first-order chi connectivity index (χ1) is 11.6. The van der Waals surface area contributed by atoms with E-state index in [-0.39, 0.29) is 5.91 Å². The van der Waals surface area contributed by atoms with Crippen LogP contribution < -0.4 is 5.32 Å². The maximum absolute atomic E-state index is 12.3. The Morgan fingerprint density at radius 2 is 2.12 bits per heavy atom. The third-order valence-electron chi connectivity index (χ3n) is 4.68. The second-order valence-corrected chi connectivity index (χ2v) is 7.44. The van der Waals surface area contributed by atoms with Gasteiger partial charge in [0, 0.05) is 6.04 Å². The number of hydrogen-bond acceptors (Lipinski definition) is 4. The number of nitrogens with zero attached hydrogens (tertiary/aromatic N) is 3. The fourth-order valence-electron chi connectivity index (χ4n) is 3.23. The normalized spacial score (nSPS) is 20.8. The summed E-state index contributed by atoms with van der Waals surface area (Å²) in [4.78, 5) is 12.3. The number of rotatable bonds is 5. The molecular formula is C18H24N4OS. The van der Waals surface area contributed by atoms with Gasteiger partial charge in [0.05, 0.1) is 11.4 Å². The van der Waals surface area contributed by atoms with E-state index in [2.05, 4.69) is 35.4 Å². The van der Waals surface area contributed by atoms with E-state index in [1.54, 1.807) is 6.33 Å². The SMILES string of the molecule is Cc1ccccc1-n1cnnc1SCC(=O)N[C@@H]1CCCC[C@@H]1C. The summed E-state index contributed by atoms with van der Waals surface area (Å²) >= 11 is 1.43. The van der Waals surface area contributed by atoms with Crippen molar-refractivity contribution in [1.82, 2.24) is 20.1 Å². The summed E-state index contributed by atoms with van der Waals surface area (Å²) in [5, 5.41) is 12.1. The topological polar surface area (TPSA) is 59.8 Å². The average Bonchev–Trinajstić information content (AvgIpc) is 3.04. The van der Waals surface area contributed by atoms with Crippen molar-refractivity contribution in [3.8, 4) is 5.69 Å². The van der Waals surface area contributed by atoms with E-state index in [1.165, 1.54) is 31.0 Å². The molecule has 1 aromatic heterocycles. The molecule has 1 aliphatic carbocycles. The van der Waals surface area contributed by atoms with Crippen LogP contribution >= 0.6 is 11.8 Å². The third-order valence-corrected chi connectivity index (χ3v) is 5.62. The molecule has 3 rings (SSSR count). The maximum atomic E-state index is 12.3. The highest BCUT2D eigenvalue weighted by Gasteiger charge is 2.23. The summed E-state index contributed by atoms with van der Waals surface area (Å²) < 4.78 is 1.94. The number of hydrogen-bond donors (Lipinski definition) is 1. The second-order valence-electron chi connectivity index (χ2n) is 6.49. The van der Waals surface area contributed by atoms with Crippen LogP contribution in [-0.4, -0.2) is 32.5 Å². The molecule has 1 N–H and O–H groups in total. The summed E-state index contributed by atoms with van der Waals surface area (Å²) in [6.45, 7) is 4.28. The van der Waals surface area contributed by atoms with Gasteiger partial charge in [0.25, 0.3) is 0 Å². The lowest BCUT2D eigenvalue weighted by Gasteiger charge is -2.29. The van der Waals surface area contributed by atoms with Gasteiger partial charge in [0.2, 0.25) is 5.91 Å². The minimum Gasteiger partial charge on any atom is -0.352 e. The molecule has 1 aromatic carbocycles. The quantitative estimate of drug-likeness (QED) is 0.845. The predicted octanol–water partition coefficient (Wildman–Crippen LogP) is 3.36. The minimum absolute atomic E-state index is 0.0816. The van der Waals surface area contributed by atoms with E-state index in [9.17, 15) is 4.79 Å². The Morgan fingerprint density at radius 1 is 1.33 bits per heavy atom. The van der Waals surface area contributed by atoms with Gasteiger partial charge < -0.3 is 5.32 Å². The lowest BCUT2D eigenvalue weighted by atomic mass is 9.86. The first-order valence-electron chi connectivity index (χ1n) is 8.53. The Kier molecular flexibility index (Phi) is 5.56. The molecule has 6 heteroatoms. The Balaban J connectivity index is 1.60. The lowest BCUT2D eigenvalue weighted by molar-refractivity contribution is -0.119. The number of carbonyl (C=O) groups excluding carboxylic acids is 1. The van der Waals surface area contributed by atoms with Crippen molar-refractivity contribution in [2.45, 2.75) is 50.7 Å². The van der Waals surface area contributed by atoms with E-state index < -0.39 is 0 Å². The molecule has 1 fully saturated rings. The highest BCUT2D eigenvalue weighted by molar-refractivity contribution is 7.99. The summed E-state index contributed by atoms with van der Waals surface area (Å²) in [7, 11) is 0. The molecule has 2 aromatic rings. The van der Waals surface area contributed by atoms with E-state index in [0.29, 0.717) is 17.7 Å². The Bertz CT molecular complexity index is 700. The van der Waals surface area contributed by atoms with Crippen LogP contribution in [0.15, 0.2) is 35.7 Å². The minimum atomic E-state index is 0.0816. The largest absolute Gasteiger partial charge is 0.352 e. The number of para-hydroxylation sites is 1. The molecular weight excluding hydrogens is 320 g/mol. The van der Waals surface area contributed by atoms with E-state index in [4.69, 9.17) is 0 Å². The third kappa shape index (κ3) is 3.98. The van der Waals surface area contributed by atoms with Crippen LogP contribution in [0.2, 0.25) is 0 Å². The zero-order valence-corrected chi connectivity index (χ0v) is 15.1. The fraction of sp³-hybridized carbons (Fsp3) is 0.500. The standard InChI is InChI=1S/C18H24N4OS/c1-13-7-3-5-9-15(13)20-17(23)11-24-18-21-19-12-22(18)16-10-6-4-8-14(16)2/h4,6,8,10,12-13,15H,3,5,7,9,11H2,1-2H3,(H,20,23)/t13-,15+/m0/s1. The highest BCUT2D eigenvalue weighted by Crippen LogP contribution is 2.25. The zero-order valence-electron chi connectivity index (χ0n) is 14.2. The molecule has 24 heavy (non-hydrogen) atoms. The van der Waals surface area contributed by atoms with Crippen LogP contribution in [0, 0.1) is 12.8 Å². The highest BCUT2D eigenvalue weighted by atomic mass is 32.2. The molecule has 0 unspecified atom stereocenters. The molecule has 0 saturated heterocycles. The second kappa shape index (κ2) is 7.83. The van der Waals surface area contributed by atoms with Crippen LogP contribution in [0.25, 0.3) is 5.69 Å². The van der Waals surface area contributed by atoms with Crippen molar-refractivity contribution in [2.75, 3.05) is 5.75 Å². The summed E-state index contributed by atoms with van der Waals surface area (Å²) in [5.41, 5.74) is 2.20. The Labute approximate surface area is 147 Å². The molecule has 1 aliphatic rings. The first kappa shape index (κ1) is 17.0. The van der Waals surface area contributed by atoms with Gasteiger partial charge in [-0.3, -0.25) is 9.36 Å². The fourth-order valence-corrected chi connectivity index (χ4v) is 3.96. The van der Waals surface area contributed by atoms with Crippen molar-refractivity contribution in [2.24, 2.45) is 5.92 Å². The van der Waals surface area contributed by atoms with Gasteiger partial charge in [0.15, 0.2) is 5.16 Å². The van der Waals surface area contributed by atoms with Crippen LogP contribution in [0.5, 0.6) is 0 Å². The van der Waals surface area contributed by atoms with Gasteiger partial charge in [-0.15, -0.1) is 10.2 Å². The average molecular weight is 344 g/mol. The van der Waals surface area contributed by atoms with Gasteiger partial charge in [-0.1, -0.05) is 49.7 Å². The molecule has 0 bridgehead atoms. The van der Waals surface area contributed by atoms with Crippen molar-refractivity contribution in [1.29, 1.82) is 0 Å². The van der Waals surface area contributed by atoms with Gasteiger partial charge >= 0.3 is 0 Å². The number of aromatic nitrogens is 3. The maximum Gasteiger partial charge on any atom is 0.230 e. The molecule has 0 radical (unpaired) electrons. The van der Waals surface area contributed by atoms with E-state index in [1.807, 2.05) is 22.8 Å². The zero-order chi connectivity index (χ0) is 16.9. The van der Waals surface area contributed by atoms with Crippen molar-refractivity contribution in [3.63, 3.8) is 0 Å². The summed E-state index contributed by atoms with van der Waals surface area (Å²) in [6.07, 6.45) is 6.49. The van der Waals surface area contributed by atoms with Gasteiger partial charge in [-0.2, -0.15) is 0 Å². The number of nitrogens with one attached hydrogen (secondary N) is 1. The Hall–Kier alpha value is -1.82. The molecule has 1 amide bonds. The molecule has 1 saturated carbocycles. The summed E-state index contributed by atoms with van der Waals surface area (Å²) in [6, 6.07) is 8.41. The van der Waals surface area contributed by atoms with Crippen molar-refractivity contribution < 1.29 is 4.79 Å². The van der Waals surface area contributed by atoms with Crippen LogP contribution in [0.1, 0.15) is 38.2 Å². The number of amides is 1. The smallest absolute Gasteiger partial charge is 0.230 e. The monoisotopic (exact) mass is 344 g/mol. The molecule has 2 atom stereocenters. The number of thioether (sulfide) groups is 1. The molecule has 1 heterocycles. The summed E-state index contributed by atoms with van der Waals surface area (Å²) in [5.74, 6) is 1.02. The lowest BCUT2D eigenvalue weighted by Crippen LogP contribution is -2.41. The van der Waals surface area contributed by atoms with Crippen molar-refractivity contribution >= 4 is 17.7 Å². The van der Waals surface area contributed by atoms with Crippen LogP contribution in [-0.2, 0) is 4.79 Å². The van der Waals surface area contributed by atoms with Crippen LogP contribution in [0.3, 0.4) is 0 Å². The van der Waals surface area contributed by atoms with Gasteiger partial charge in [0.1, 0.15) is 6.33 Å². The van der Waals surface area contributed by atoms with Gasteiger partial charge in [-0.05, 0) is 37.3 Å². The van der Waals surface area contributed by atoms with E-state index in [0.717, 1.165) is 22.8 Å². The van der Waals surface area contributed by atoms with E-state index >= 15 is 0 Å². The molecule has 0 aliphatic heterocycles. The van der Waals surface area contributed by atoms with Crippen LogP contribution in [0.4, 0.5) is 0 Å². The molecule has 5 nitrogen and oxygen atoms in total. The Morgan fingerprint density at radius 3 is 2.92 bits per heavy atom. The van der Waals surface area contributed by atoms with Gasteiger partial charge in [-0.25, -0.2) is 0 Å². The first-order valence-corrected chi connectivity index (χ1v) is 9.52. The molecule has 0 spiro atoms. The van der Waals surface area contributed by atoms with Crippen molar-refractivity contribution in [3.05, 3.63) is 36.2 Å². The molecule has 128 valence electrons. The number of carbonyl (C=O) groups is 1. The number of benzene rings is 1. The number of aryl methyl sites for hydroxylation is 1. The predicted molar refractivity (Wildman–Crippen MR) is 96.4 cm³/mol.